The summed E-state index contributed by atoms with van der Waals surface area (Å²) in [7, 11) is -1.99. The van der Waals surface area contributed by atoms with Gasteiger partial charge in [-0.2, -0.15) is 0 Å². The van der Waals surface area contributed by atoms with Crippen LogP contribution >= 0.6 is 0 Å². The Hall–Kier alpha value is -4.88. The van der Waals surface area contributed by atoms with E-state index in [1.54, 1.807) is 41.4 Å². The van der Waals surface area contributed by atoms with E-state index in [1.807, 2.05) is 39.0 Å². The zero-order chi connectivity index (χ0) is 31.6. The van der Waals surface area contributed by atoms with Gasteiger partial charge in [-0.05, 0) is 86.8 Å². The van der Waals surface area contributed by atoms with Gasteiger partial charge in [-0.15, -0.1) is 0 Å². The van der Waals surface area contributed by atoms with Crippen molar-refractivity contribution in [3.05, 3.63) is 94.7 Å². The molecule has 226 valence electrons. The minimum absolute atomic E-state index is 0.220. The Morgan fingerprint density at radius 3 is 2.41 bits per heavy atom. The molecule has 0 unspecified atom stereocenters. The minimum Gasteiger partial charge on any atom is -0.465 e. The molecule has 5 rings (SSSR count). The molecule has 0 bridgehead atoms. The molecule has 1 aromatic heterocycles. The number of rotatable bonds is 4. The molecule has 1 N–H and O–H groups in total. The summed E-state index contributed by atoms with van der Waals surface area (Å²) in [5.41, 5.74) is 3.86. The average Bonchev–Trinajstić information content (AvgIpc) is 2.98. The smallest absolute Gasteiger partial charge is 0.410 e. The van der Waals surface area contributed by atoms with Crippen LogP contribution in [-0.4, -0.2) is 55.9 Å². The van der Waals surface area contributed by atoms with Gasteiger partial charge in [0.15, 0.2) is 9.84 Å². The summed E-state index contributed by atoms with van der Waals surface area (Å²) in [5.74, 6) is 6.41. The number of nitrogens with one attached hydrogen (secondary N) is 1. The zero-order valence-corrected chi connectivity index (χ0v) is 26.0. The fourth-order valence-corrected chi connectivity index (χ4v) is 5.51. The Labute approximate surface area is 257 Å². The first-order valence-corrected chi connectivity index (χ1v) is 15.9. The predicted octanol–water partition coefficient (Wildman–Crippen LogP) is 5.86. The maximum atomic E-state index is 12.7. The average molecular weight is 612 g/mol. The highest BCUT2D eigenvalue weighted by Crippen LogP contribution is 2.27. The second-order valence-corrected chi connectivity index (χ2v) is 13.6. The lowest BCUT2D eigenvalue weighted by molar-refractivity contribution is 0.0223. The number of pyridine rings is 1. The number of hydrogen-bond acceptors (Lipinski definition) is 8. The standard InChI is InChI=1S/C34H33N3O6S/c1-34(2,3)43-33(39)37-17-16-23-18-22(6-8-25(23)21-37)7-14-28-29(32(38)42-4)15-9-24-20-35-31(19-30(24)28)36-26-10-12-27(13-11-26)44(5,40)41/h6,8-13,15,18-20H,16-17,21H2,1-5H3,(H,35,36). The molecule has 10 heteroatoms. The molecule has 0 spiro atoms. The van der Waals surface area contributed by atoms with Gasteiger partial charge in [0.1, 0.15) is 11.4 Å². The van der Waals surface area contributed by atoms with Crippen molar-refractivity contribution in [3.8, 4) is 11.8 Å². The minimum atomic E-state index is -3.31. The van der Waals surface area contributed by atoms with Gasteiger partial charge in [0.2, 0.25) is 0 Å². The molecule has 0 saturated carbocycles. The largest absolute Gasteiger partial charge is 0.465 e. The van der Waals surface area contributed by atoms with Crippen molar-refractivity contribution in [2.45, 2.75) is 44.2 Å². The summed E-state index contributed by atoms with van der Waals surface area (Å²) in [6.07, 6.45) is 3.20. The van der Waals surface area contributed by atoms with Crippen molar-refractivity contribution in [3.63, 3.8) is 0 Å². The summed E-state index contributed by atoms with van der Waals surface area (Å²) in [6, 6.07) is 17.5. The van der Waals surface area contributed by atoms with Gasteiger partial charge < -0.3 is 19.7 Å². The molecule has 0 fully saturated rings. The number of ether oxygens (including phenoxy) is 2. The molecule has 9 nitrogen and oxygen atoms in total. The van der Waals surface area contributed by atoms with Crippen molar-refractivity contribution >= 4 is 44.2 Å². The van der Waals surface area contributed by atoms with E-state index in [9.17, 15) is 18.0 Å². The molecule has 3 aromatic carbocycles. The topological polar surface area (TPSA) is 115 Å². The molecule has 0 saturated heterocycles. The number of methoxy groups -OCH3 is 1. The SMILES string of the molecule is COC(=O)c1ccc2cnc(Nc3ccc(S(C)(=O)=O)cc3)cc2c1C#Cc1ccc2c(c1)CCN(C(=O)OC(C)(C)C)C2. The van der Waals surface area contributed by atoms with E-state index in [0.717, 1.165) is 28.3 Å². The maximum absolute atomic E-state index is 12.7. The molecule has 0 aliphatic carbocycles. The molecule has 0 radical (unpaired) electrons. The van der Waals surface area contributed by atoms with E-state index in [-0.39, 0.29) is 11.0 Å². The lowest BCUT2D eigenvalue weighted by Crippen LogP contribution is -2.39. The first-order chi connectivity index (χ1) is 20.8. The fraction of sp³-hybridized carbons (Fsp3) is 0.265. The number of nitrogens with zero attached hydrogens (tertiary/aromatic N) is 2. The molecule has 1 aliphatic heterocycles. The molecule has 1 aliphatic rings. The quantitative estimate of drug-likeness (QED) is 0.225. The number of sulfone groups is 1. The van der Waals surface area contributed by atoms with Crippen LogP contribution in [0.15, 0.2) is 71.8 Å². The van der Waals surface area contributed by atoms with Gasteiger partial charge in [-0.25, -0.2) is 23.0 Å². The highest BCUT2D eigenvalue weighted by Gasteiger charge is 2.25. The number of fused-ring (bicyclic) bond motifs is 2. The van der Waals surface area contributed by atoms with Crippen LogP contribution in [0, 0.1) is 11.8 Å². The third-order valence-electron chi connectivity index (χ3n) is 7.07. The van der Waals surface area contributed by atoms with E-state index in [1.165, 1.54) is 19.2 Å². The third-order valence-corrected chi connectivity index (χ3v) is 8.19. The van der Waals surface area contributed by atoms with Crippen molar-refractivity contribution in [1.82, 2.24) is 9.88 Å². The van der Waals surface area contributed by atoms with Crippen LogP contribution in [-0.2, 0) is 32.3 Å². The molecule has 44 heavy (non-hydrogen) atoms. The summed E-state index contributed by atoms with van der Waals surface area (Å²) in [6.45, 7) is 6.57. The van der Waals surface area contributed by atoms with E-state index in [2.05, 4.69) is 22.1 Å². The van der Waals surface area contributed by atoms with Crippen molar-refractivity contribution in [2.24, 2.45) is 0 Å². The van der Waals surface area contributed by atoms with Gasteiger partial charge in [-0.1, -0.05) is 24.0 Å². The van der Waals surface area contributed by atoms with Crippen LogP contribution in [0.25, 0.3) is 10.8 Å². The van der Waals surface area contributed by atoms with Crippen LogP contribution in [0.3, 0.4) is 0 Å². The number of carbonyl (C=O) groups excluding carboxylic acids is 2. The third kappa shape index (κ3) is 7.01. The number of anilines is 2. The first-order valence-electron chi connectivity index (χ1n) is 14.0. The second-order valence-electron chi connectivity index (χ2n) is 11.6. The number of carbonyl (C=O) groups is 2. The summed E-state index contributed by atoms with van der Waals surface area (Å²) in [4.78, 5) is 31.7. The Morgan fingerprint density at radius 2 is 1.73 bits per heavy atom. The van der Waals surface area contributed by atoms with E-state index >= 15 is 0 Å². The Balaban J connectivity index is 1.46. The molecule has 4 aromatic rings. The van der Waals surface area contributed by atoms with Gasteiger partial charge in [0.25, 0.3) is 0 Å². The number of amides is 1. The van der Waals surface area contributed by atoms with Crippen LogP contribution in [0.4, 0.5) is 16.3 Å². The molecule has 2 heterocycles. The number of esters is 1. The van der Waals surface area contributed by atoms with Crippen LogP contribution < -0.4 is 5.32 Å². The molecule has 0 atom stereocenters. The lowest BCUT2D eigenvalue weighted by Gasteiger charge is -2.31. The number of aromatic nitrogens is 1. The summed E-state index contributed by atoms with van der Waals surface area (Å²) < 4.78 is 34.2. The maximum Gasteiger partial charge on any atom is 0.410 e. The van der Waals surface area contributed by atoms with E-state index < -0.39 is 21.4 Å². The monoisotopic (exact) mass is 611 g/mol. The number of hydrogen-bond donors (Lipinski definition) is 1. The fourth-order valence-electron chi connectivity index (χ4n) is 4.88. The Kier molecular flexibility index (Phi) is 8.35. The van der Waals surface area contributed by atoms with E-state index in [0.29, 0.717) is 47.5 Å². The Bertz CT molecular complexity index is 1930. The highest BCUT2D eigenvalue weighted by molar-refractivity contribution is 7.90. The first kappa shape index (κ1) is 30.6. The number of benzene rings is 3. The van der Waals surface area contributed by atoms with Crippen LogP contribution in [0.2, 0.25) is 0 Å². The molecular formula is C34H33N3O6S. The Morgan fingerprint density at radius 1 is 0.977 bits per heavy atom. The van der Waals surface area contributed by atoms with Crippen LogP contribution in [0.5, 0.6) is 0 Å². The zero-order valence-electron chi connectivity index (χ0n) is 25.2. The van der Waals surface area contributed by atoms with E-state index in [4.69, 9.17) is 9.47 Å². The van der Waals surface area contributed by atoms with Crippen molar-refractivity contribution < 1.29 is 27.5 Å². The molecular weight excluding hydrogens is 578 g/mol. The normalized spacial score (nSPS) is 13.0. The second kappa shape index (κ2) is 12.0. The van der Waals surface area contributed by atoms with Crippen molar-refractivity contribution in [1.29, 1.82) is 0 Å². The van der Waals surface area contributed by atoms with Gasteiger partial charge in [0.05, 0.1) is 17.6 Å². The van der Waals surface area contributed by atoms with Gasteiger partial charge >= 0.3 is 12.1 Å². The highest BCUT2D eigenvalue weighted by atomic mass is 32.2. The summed E-state index contributed by atoms with van der Waals surface area (Å²) in [5, 5.41) is 4.68. The lowest BCUT2D eigenvalue weighted by atomic mass is 9.96. The van der Waals surface area contributed by atoms with Gasteiger partial charge in [0, 0.05) is 53.1 Å². The molecule has 1 amide bonds. The predicted molar refractivity (Wildman–Crippen MR) is 169 cm³/mol. The van der Waals surface area contributed by atoms with Crippen LogP contribution in [0.1, 0.15) is 53.4 Å². The van der Waals surface area contributed by atoms with Gasteiger partial charge in [-0.3, -0.25) is 0 Å². The van der Waals surface area contributed by atoms with Crippen molar-refractivity contribution in [2.75, 3.05) is 25.2 Å². The summed E-state index contributed by atoms with van der Waals surface area (Å²) >= 11 is 0.